The lowest BCUT2D eigenvalue weighted by Crippen LogP contribution is -2.48. The molecule has 4 rings (SSSR count). The molecule has 1 saturated heterocycles. The van der Waals surface area contributed by atoms with Crippen LogP contribution in [0.5, 0.6) is 5.75 Å². The number of ether oxygens (including phenoxy) is 1. The van der Waals surface area contributed by atoms with Crippen molar-refractivity contribution in [1.29, 1.82) is 0 Å². The first-order valence-corrected chi connectivity index (χ1v) is 13.8. The van der Waals surface area contributed by atoms with Gasteiger partial charge < -0.3 is 19.9 Å². The van der Waals surface area contributed by atoms with Crippen LogP contribution in [0.15, 0.2) is 72.8 Å². The molecule has 0 bridgehead atoms. The van der Waals surface area contributed by atoms with Gasteiger partial charge in [0.25, 0.3) is 11.8 Å². The van der Waals surface area contributed by atoms with Crippen LogP contribution in [0.25, 0.3) is 0 Å². The van der Waals surface area contributed by atoms with Crippen LogP contribution in [0.2, 0.25) is 0 Å². The molecule has 0 spiro atoms. The van der Waals surface area contributed by atoms with Crippen LogP contribution in [0.1, 0.15) is 63.0 Å². The van der Waals surface area contributed by atoms with Gasteiger partial charge in [0.05, 0.1) is 0 Å². The Hall–Kier alpha value is -3.80. The number of hydrogen-bond acceptors (Lipinski definition) is 4. The number of piperazine rings is 1. The van der Waals surface area contributed by atoms with Crippen molar-refractivity contribution < 1.29 is 14.3 Å². The van der Waals surface area contributed by atoms with Gasteiger partial charge in [-0.05, 0) is 85.3 Å². The molecular weight excluding hydrogens is 486 g/mol. The molecule has 0 atom stereocenters. The predicted octanol–water partition coefficient (Wildman–Crippen LogP) is 6.31. The van der Waals surface area contributed by atoms with Crippen molar-refractivity contribution in [3.63, 3.8) is 0 Å². The Morgan fingerprint density at radius 2 is 1.38 bits per heavy atom. The highest BCUT2D eigenvalue weighted by Crippen LogP contribution is 2.27. The number of aryl methyl sites for hydroxylation is 1. The van der Waals surface area contributed by atoms with Gasteiger partial charge in [0.15, 0.2) is 5.60 Å². The molecule has 39 heavy (non-hydrogen) atoms. The highest BCUT2D eigenvalue weighted by Gasteiger charge is 2.30. The Bertz CT molecular complexity index is 1270. The summed E-state index contributed by atoms with van der Waals surface area (Å²) >= 11 is 0. The van der Waals surface area contributed by atoms with Gasteiger partial charge >= 0.3 is 0 Å². The summed E-state index contributed by atoms with van der Waals surface area (Å²) in [4.78, 5) is 30.1. The number of benzene rings is 3. The van der Waals surface area contributed by atoms with Crippen molar-refractivity contribution in [2.24, 2.45) is 0 Å². The first-order valence-electron chi connectivity index (χ1n) is 13.8. The third kappa shape index (κ3) is 6.99. The molecule has 0 saturated carbocycles. The standard InChI is InChI=1S/C33H41N3O3/c1-7-24-8-10-25(11-9-24)30(37)36-22-20-35(21-23-36)28-16-14-27(15-17-28)34-31(38)33(5,6)39-29-18-12-26(13-19-29)32(2,3)4/h8-19H,7,20-23H2,1-6H3,(H,34,38). The molecule has 1 aliphatic rings. The molecule has 1 fully saturated rings. The molecule has 1 N–H and O–H groups in total. The Morgan fingerprint density at radius 1 is 0.795 bits per heavy atom. The molecule has 0 radical (unpaired) electrons. The van der Waals surface area contributed by atoms with E-state index in [2.05, 4.69) is 37.9 Å². The summed E-state index contributed by atoms with van der Waals surface area (Å²) in [5.74, 6) is 0.536. The van der Waals surface area contributed by atoms with Gasteiger partial charge in [-0.25, -0.2) is 0 Å². The molecule has 3 aromatic rings. The largest absolute Gasteiger partial charge is 0.478 e. The van der Waals surface area contributed by atoms with Crippen molar-refractivity contribution in [2.45, 2.75) is 59.0 Å². The second-order valence-corrected chi connectivity index (χ2v) is 11.7. The maximum Gasteiger partial charge on any atom is 0.267 e. The SMILES string of the molecule is CCc1ccc(C(=O)N2CCN(c3ccc(NC(=O)C(C)(C)Oc4ccc(C(C)(C)C)cc4)cc3)CC2)cc1. The van der Waals surface area contributed by atoms with E-state index in [1.807, 2.05) is 77.7 Å². The van der Waals surface area contributed by atoms with Gasteiger partial charge in [-0.1, -0.05) is 52.0 Å². The maximum absolute atomic E-state index is 13.0. The second kappa shape index (κ2) is 11.5. The number of anilines is 2. The Kier molecular flexibility index (Phi) is 8.34. The fourth-order valence-electron chi connectivity index (χ4n) is 4.63. The summed E-state index contributed by atoms with van der Waals surface area (Å²) < 4.78 is 6.04. The molecule has 0 aliphatic carbocycles. The van der Waals surface area contributed by atoms with E-state index >= 15 is 0 Å². The van der Waals surface area contributed by atoms with Crippen molar-refractivity contribution in [3.05, 3.63) is 89.5 Å². The molecule has 206 valence electrons. The van der Waals surface area contributed by atoms with Crippen LogP contribution in [-0.4, -0.2) is 48.5 Å². The third-order valence-corrected chi connectivity index (χ3v) is 7.31. The molecule has 2 amide bonds. The van der Waals surface area contributed by atoms with Crippen LogP contribution in [0.3, 0.4) is 0 Å². The smallest absolute Gasteiger partial charge is 0.267 e. The summed E-state index contributed by atoms with van der Waals surface area (Å²) in [5, 5.41) is 2.98. The van der Waals surface area contributed by atoms with Crippen molar-refractivity contribution in [2.75, 3.05) is 36.4 Å². The van der Waals surface area contributed by atoms with Crippen molar-refractivity contribution >= 4 is 23.2 Å². The first kappa shape index (κ1) is 28.2. The van der Waals surface area contributed by atoms with E-state index in [4.69, 9.17) is 4.74 Å². The average molecular weight is 528 g/mol. The molecular formula is C33H41N3O3. The van der Waals surface area contributed by atoms with Crippen molar-refractivity contribution in [3.8, 4) is 5.75 Å². The van der Waals surface area contributed by atoms with E-state index in [0.717, 1.165) is 30.8 Å². The van der Waals surface area contributed by atoms with E-state index < -0.39 is 5.60 Å². The monoisotopic (exact) mass is 527 g/mol. The van der Waals surface area contributed by atoms with E-state index in [0.29, 0.717) is 24.5 Å². The van der Waals surface area contributed by atoms with Crippen LogP contribution in [0, 0.1) is 0 Å². The molecule has 1 heterocycles. The van der Waals surface area contributed by atoms with Crippen LogP contribution in [-0.2, 0) is 16.6 Å². The summed E-state index contributed by atoms with van der Waals surface area (Å²) in [6.07, 6.45) is 0.966. The minimum absolute atomic E-state index is 0.0592. The second-order valence-electron chi connectivity index (χ2n) is 11.7. The lowest BCUT2D eigenvalue weighted by Gasteiger charge is -2.36. The number of carbonyl (C=O) groups excluding carboxylic acids is 2. The summed E-state index contributed by atoms with van der Waals surface area (Å²) in [6.45, 7) is 15.0. The van der Waals surface area contributed by atoms with Crippen LogP contribution < -0.4 is 15.0 Å². The topological polar surface area (TPSA) is 61.9 Å². The Labute approximate surface area is 233 Å². The highest BCUT2D eigenvalue weighted by molar-refractivity contribution is 5.97. The number of rotatable bonds is 7. The molecule has 1 aliphatic heterocycles. The minimum Gasteiger partial charge on any atom is -0.478 e. The third-order valence-electron chi connectivity index (χ3n) is 7.31. The molecule has 3 aromatic carbocycles. The van der Waals surface area contributed by atoms with E-state index in [1.165, 1.54) is 11.1 Å². The van der Waals surface area contributed by atoms with E-state index in [9.17, 15) is 9.59 Å². The predicted molar refractivity (Wildman–Crippen MR) is 159 cm³/mol. The molecule has 6 heteroatoms. The molecule has 0 aromatic heterocycles. The molecule has 0 unspecified atom stereocenters. The number of nitrogens with one attached hydrogen (secondary N) is 1. The van der Waals surface area contributed by atoms with Gasteiger partial charge in [-0.2, -0.15) is 0 Å². The fourth-order valence-corrected chi connectivity index (χ4v) is 4.63. The first-order chi connectivity index (χ1) is 18.5. The van der Waals surface area contributed by atoms with E-state index in [-0.39, 0.29) is 17.2 Å². The average Bonchev–Trinajstić information content (AvgIpc) is 2.93. The summed E-state index contributed by atoms with van der Waals surface area (Å²) in [5.41, 5.74) is 4.00. The Balaban J connectivity index is 1.30. The quantitative estimate of drug-likeness (QED) is 0.391. The van der Waals surface area contributed by atoms with Crippen molar-refractivity contribution in [1.82, 2.24) is 4.90 Å². The fraction of sp³-hybridized carbons (Fsp3) is 0.394. The number of hydrogen-bond donors (Lipinski definition) is 1. The number of amides is 2. The number of carbonyl (C=O) groups is 2. The number of nitrogens with zero attached hydrogens (tertiary/aromatic N) is 2. The van der Waals surface area contributed by atoms with Gasteiger partial charge in [0.1, 0.15) is 5.75 Å². The van der Waals surface area contributed by atoms with Gasteiger partial charge in [0, 0.05) is 43.1 Å². The zero-order chi connectivity index (χ0) is 28.2. The zero-order valence-electron chi connectivity index (χ0n) is 24.1. The van der Waals surface area contributed by atoms with E-state index in [1.54, 1.807) is 13.8 Å². The van der Waals surface area contributed by atoms with Gasteiger partial charge in [0.2, 0.25) is 0 Å². The molecule has 6 nitrogen and oxygen atoms in total. The summed E-state index contributed by atoms with van der Waals surface area (Å²) in [6, 6.07) is 23.7. The lowest BCUT2D eigenvalue weighted by atomic mass is 9.87. The zero-order valence-corrected chi connectivity index (χ0v) is 24.1. The van der Waals surface area contributed by atoms with Gasteiger partial charge in [-0.3, -0.25) is 9.59 Å². The van der Waals surface area contributed by atoms with Crippen LogP contribution in [0.4, 0.5) is 11.4 Å². The minimum atomic E-state index is -1.04. The normalized spacial score (nSPS) is 14.2. The summed E-state index contributed by atoms with van der Waals surface area (Å²) in [7, 11) is 0. The van der Waals surface area contributed by atoms with Crippen LogP contribution >= 0.6 is 0 Å². The Morgan fingerprint density at radius 3 is 1.92 bits per heavy atom. The van der Waals surface area contributed by atoms with Gasteiger partial charge in [-0.15, -0.1) is 0 Å². The highest BCUT2D eigenvalue weighted by atomic mass is 16.5. The maximum atomic E-state index is 13.0. The lowest BCUT2D eigenvalue weighted by molar-refractivity contribution is -0.128.